The minimum atomic E-state index is -0.834. The summed E-state index contributed by atoms with van der Waals surface area (Å²) in [4.78, 5) is 1.91. The van der Waals surface area contributed by atoms with Gasteiger partial charge in [-0.3, -0.25) is 4.90 Å². The summed E-state index contributed by atoms with van der Waals surface area (Å²) < 4.78 is 32.7. The summed E-state index contributed by atoms with van der Waals surface area (Å²) in [5.74, 6) is -0.917. The smallest absolute Gasteiger partial charge is 0.163 e. The Morgan fingerprint density at radius 1 is 1.40 bits per heavy atom. The molecule has 0 saturated heterocycles. The van der Waals surface area contributed by atoms with Gasteiger partial charge in [-0.1, -0.05) is 12.1 Å². The molecule has 5 heteroatoms. The Morgan fingerprint density at radius 2 is 2.15 bits per heavy atom. The summed E-state index contributed by atoms with van der Waals surface area (Å²) in [6, 6.07) is 3.87. The predicted octanol–water partition coefficient (Wildman–Crippen LogP) is 2.32. The van der Waals surface area contributed by atoms with Gasteiger partial charge in [-0.2, -0.15) is 0 Å². The Balaban J connectivity index is 1.90. The number of nitrogens with zero attached hydrogens (tertiary/aromatic N) is 1. The highest BCUT2D eigenvalue weighted by molar-refractivity contribution is 5.23. The molecule has 1 aliphatic rings. The first-order valence-corrected chi connectivity index (χ1v) is 7.05. The van der Waals surface area contributed by atoms with Crippen LogP contribution in [0.25, 0.3) is 0 Å². The summed E-state index contributed by atoms with van der Waals surface area (Å²) in [5.41, 5.74) is 6.02. The molecule has 112 valence electrons. The highest BCUT2D eigenvalue weighted by Crippen LogP contribution is 2.28. The number of ether oxygens (including phenoxy) is 1. The molecule has 0 aliphatic heterocycles. The van der Waals surface area contributed by atoms with Crippen LogP contribution in [0.1, 0.15) is 24.4 Å². The van der Waals surface area contributed by atoms with E-state index in [4.69, 9.17) is 10.5 Å². The lowest BCUT2D eigenvalue weighted by atomic mass is 10.0. The number of benzene rings is 1. The zero-order valence-corrected chi connectivity index (χ0v) is 11.8. The van der Waals surface area contributed by atoms with Crippen molar-refractivity contribution in [2.45, 2.75) is 18.9 Å². The number of hydrogen-bond donors (Lipinski definition) is 1. The molecule has 20 heavy (non-hydrogen) atoms. The van der Waals surface area contributed by atoms with Gasteiger partial charge in [0.2, 0.25) is 0 Å². The lowest BCUT2D eigenvalue weighted by molar-refractivity contribution is 0.0916. The topological polar surface area (TPSA) is 38.5 Å². The number of rotatable bonds is 8. The molecule has 0 amide bonds. The van der Waals surface area contributed by atoms with E-state index in [9.17, 15) is 8.78 Å². The summed E-state index contributed by atoms with van der Waals surface area (Å²) in [6.07, 6.45) is 2.52. The zero-order chi connectivity index (χ0) is 14.5. The average Bonchev–Trinajstić information content (AvgIpc) is 3.24. The van der Waals surface area contributed by atoms with Gasteiger partial charge in [-0.05, 0) is 31.9 Å². The molecular formula is C15H22F2N2O. The summed E-state index contributed by atoms with van der Waals surface area (Å²) in [7, 11) is 1.85. The first kappa shape index (κ1) is 15.4. The lowest BCUT2D eigenvalue weighted by Crippen LogP contribution is -2.34. The van der Waals surface area contributed by atoms with E-state index in [-0.39, 0.29) is 12.6 Å². The van der Waals surface area contributed by atoms with Crippen LogP contribution in [-0.2, 0) is 4.74 Å². The molecule has 1 saturated carbocycles. The second-order valence-corrected chi connectivity index (χ2v) is 5.39. The molecule has 2 rings (SSSR count). The third-order valence-electron chi connectivity index (χ3n) is 3.73. The first-order chi connectivity index (χ1) is 9.63. The number of hydrogen-bond acceptors (Lipinski definition) is 3. The normalized spacial score (nSPS) is 16.6. The molecule has 1 aromatic rings. The zero-order valence-electron chi connectivity index (χ0n) is 11.8. The maximum absolute atomic E-state index is 13.8. The van der Waals surface area contributed by atoms with E-state index in [1.807, 2.05) is 11.9 Å². The van der Waals surface area contributed by atoms with E-state index in [1.165, 1.54) is 18.9 Å². The largest absolute Gasteiger partial charge is 0.380 e. The molecule has 0 aromatic heterocycles. The van der Waals surface area contributed by atoms with Crippen LogP contribution in [0.4, 0.5) is 8.78 Å². The van der Waals surface area contributed by atoms with Crippen molar-refractivity contribution >= 4 is 0 Å². The van der Waals surface area contributed by atoms with Crippen LogP contribution in [0.2, 0.25) is 0 Å². The maximum Gasteiger partial charge on any atom is 0.163 e. The molecule has 1 aromatic carbocycles. The minimum absolute atomic E-state index is 0.236. The Bertz CT molecular complexity index is 438. The van der Waals surface area contributed by atoms with Gasteiger partial charge in [0.1, 0.15) is 0 Å². The number of halogens is 2. The lowest BCUT2D eigenvalue weighted by Gasteiger charge is -2.27. The van der Waals surface area contributed by atoms with Crippen LogP contribution < -0.4 is 5.73 Å². The van der Waals surface area contributed by atoms with E-state index in [2.05, 4.69) is 0 Å². The van der Waals surface area contributed by atoms with Crippen molar-refractivity contribution in [3.8, 4) is 0 Å². The standard InChI is InChI=1S/C15H22F2N2O/c1-19(7-8-20-10-11-5-6-11)14(9-18)12-3-2-4-13(16)15(12)17/h2-4,11,14H,5-10,18H2,1H3. The van der Waals surface area contributed by atoms with Crippen LogP contribution in [-0.4, -0.2) is 38.3 Å². The van der Waals surface area contributed by atoms with Gasteiger partial charge >= 0.3 is 0 Å². The molecule has 2 N–H and O–H groups in total. The fourth-order valence-electron chi connectivity index (χ4n) is 2.22. The second-order valence-electron chi connectivity index (χ2n) is 5.39. The van der Waals surface area contributed by atoms with Gasteiger partial charge in [-0.25, -0.2) is 8.78 Å². The van der Waals surface area contributed by atoms with Crippen molar-refractivity contribution in [2.24, 2.45) is 11.7 Å². The molecule has 0 heterocycles. The highest BCUT2D eigenvalue weighted by atomic mass is 19.2. The van der Waals surface area contributed by atoms with Crippen LogP contribution in [0, 0.1) is 17.6 Å². The van der Waals surface area contributed by atoms with Gasteiger partial charge in [0.05, 0.1) is 6.61 Å². The maximum atomic E-state index is 13.8. The number of likely N-dealkylation sites (N-methyl/N-ethyl adjacent to an activating group) is 1. The SMILES string of the molecule is CN(CCOCC1CC1)C(CN)c1cccc(F)c1F. The fourth-order valence-corrected chi connectivity index (χ4v) is 2.22. The molecule has 1 aliphatic carbocycles. The van der Waals surface area contributed by atoms with E-state index >= 15 is 0 Å². The van der Waals surface area contributed by atoms with E-state index < -0.39 is 11.6 Å². The fraction of sp³-hybridized carbons (Fsp3) is 0.600. The third kappa shape index (κ3) is 3.98. The van der Waals surface area contributed by atoms with Gasteiger partial charge in [0, 0.05) is 31.3 Å². The van der Waals surface area contributed by atoms with Gasteiger partial charge in [-0.15, -0.1) is 0 Å². The molecule has 0 spiro atoms. The molecule has 0 radical (unpaired) electrons. The minimum Gasteiger partial charge on any atom is -0.380 e. The van der Waals surface area contributed by atoms with E-state index in [0.717, 1.165) is 18.6 Å². The molecular weight excluding hydrogens is 262 g/mol. The molecule has 1 unspecified atom stereocenters. The average molecular weight is 284 g/mol. The van der Waals surface area contributed by atoms with Crippen molar-refractivity contribution in [1.29, 1.82) is 0 Å². The first-order valence-electron chi connectivity index (χ1n) is 7.05. The van der Waals surface area contributed by atoms with Crippen molar-refractivity contribution in [3.63, 3.8) is 0 Å². The van der Waals surface area contributed by atoms with Crippen molar-refractivity contribution in [3.05, 3.63) is 35.4 Å². The highest BCUT2D eigenvalue weighted by Gasteiger charge is 2.22. The monoisotopic (exact) mass is 284 g/mol. The van der Waals surface area contributed by atoms with Crippen LogP contribution in [0.3, 0.4) is 0 Å². The molecule has 3 nitrogen and oxygen atoms in total. The second kappa shape index (κ2) is 7.11. The molecule has 1 fully saturated rings. The van der Waals surface area contributed by atoms with Crippen molar-refractivity contribution < 1.29 is 13.5 Å². The molecule has 1 atom stereocenters. The molecule has 0 bridgehead atoms. The van der Waals surface area contributed by atoms with Crippen LogP contribution in [0.15, 0.2) is 18.2 Å². The van der Waals surface area contributed by atoms with Crippen molar-refractivity contribution in [2.75, 3.05) is 33.4 Å². The van der Waals surface area contributed by atoms with Crippen LogP contribution >= 0.6 is 0 Å². The Hall–Kier alpha value is -1.04. The van der Waals surface area contributed by atoms with Gasteiger partial charge in [0.15, 0.2) is 11.6 Å². The Morgan fingerprint density at radius 3 is 2.80 bits per heavy atom. The third-order valence-corrected chi connectivity index (χ3v) is 3.73. The quantitative estimate of drug-likeness (QED) is 0.745. The van der Waals surface area contributed by atoms with Gasteiger partial charge in [0.25, 0.3) is 0 Å². The summed E-state index contributed by atoms with van der Waals surface area (Å²) >= 11 is 0. The van der Waals surface area contributed by atoms with E-state index in [0.29, 0.717) is 18.7 Å². The summed E-state index contributed by atoms with van der Waals surface area (Å²) in [5, 5.41) is 0. The van der Waals surface area contributed by atoms with Crippen LogP contribution in [0.5, 0.6) is 0 Å². The van der Waals surface area contributed by atoms with Gasteiger partial charge < -0.3 is 10.5 Å². The van der Waals surface area contributed by atoms with Crippen molar-refractivity contribution in [1.82, 2.24) is 4.90 Å². The Kier molecular flexibility index (Phi) is 5.46. The number of nitrogens with two attached hydrogens (primary N) is 1. The summed E-state index contributed by atoms with van der Waals surface area (Å²) in [6.45, 7) is 2.26. The predicted molar refractivity (Wildman–Crippen MR) is 74.3 cm³/mol. The van der Waals surface area contributed by atoms with E-state index in [1.54, 1.807) is 6.07 Å². The Labute approximate surface area is 118 Å².